The summed E-state index contributed by atoms with van der Waals surface area (Å²) in [5, 5.41) is 0. The van der Waals surface area contributed by atoms with Crippen LogP contribution in [0.15, 0.2) is 36.4 Å². The minimum absolute atomic E-state index is 0.0614. The van der Waals surface area contributed by atoms with Gasteiger partial charge in [0.05, 0.1) is 14.2 Å². The van der Waals surface area contributed by atoms with Crippen LogP contribution in [0, 0.1) is 13.8 Å². The summed E-state index contributed by atoms with van der Waals surface area (Å²) in [6.07, 6.45) is 0. The van der Waals surface area contributed by atoms with Crippen LogP contribution >= 0.6 is 0 Å². The first kappa shape index (κ1) is 15.4. The zero-order valence-electron chi connectivity index (χ0n) is 13.8. The van der Waals surface area contributed by atoms with Gasteiger partial charge >= 0.3 is 0 Å². The fourth-order valence-electron chi connectivity index (χ4n) is 2.70. The Morgan fingerprint density at radius 2 is 1.10 bits per heavy atom. The van der Waals surface area contributed by atoms with E-state index in [1.54, 1.807) is 14.2 Å². The van der Waals surface area contributed by atoms with Crippen molar-refractivity contribution < 1.29 is 9.47 Å². The monoisotopic (exact) mass is 284 g/mol. The second kappa shape index (κ2) is 5.80. The van der Waals surface area contributed by atoms with Crippen molar-refractivity contribution in [3.05, 3.63) is 58.7 Å². The van der Waals surface area contributed by atoms with Crippen molar-refractivity contribution in [1.29, 1.82) is 0 Å². The molecule has 2 heteroatoms. The lowest BCUT2D eigenvalue weighted by molar-refractivity contribution is 0.410. The summed E-state index contributed by atoms with van der Waals surface area (Å²) >= 11 is 0. The van der Waals surface area contributed by atoms with Gasteiger partial charge in [0, 0.05) is 5.41 Å². The van der Waals surface area contributed by atoms with E-state index in [4.69, 9.17) is 9.47 Å². The smallest absolute Gasteiger partial charge is 0.121 e. The van der Waals surface area contributed by atoms with Gasteiger partial charge in [-0.3, -0.25) is 0 Å². The molecule has 0 aromatic heterocycles. The van der Waals surface area contributed by atoms with Gasteiger partial charge in [0.15, 0.2) is 0 Å². The molecule has 2 aromatic carbocycles. The Morgan fingerprint density at radius 1 is 0.714 bits per heavy atom. The Balaban J connectivity index is 2.45. The van der Waals surface area contributed by atoms with Gasteiger partial charge in [-0.25, -0.2) is 0 Å². The predicted molar refractivity (Wildman–Crippen MR) is 87.6 cm³/mol. The van der Waals surface area contributed by atoms with Crippen LogP contribution in [0.3, 0.4) is 0 Å². The Hall–Kier alpha value is -1.96. The maximum atomic E-state index is 5.35. The molecule has 0 amide bonds. The average molecular weight is 284 g/mol. The highest BCUT2D eigenvalue weighted by Crippen LogP contribution is 2.35. The van der Waals surface area contributed by atoms with E-state index in [1.807, 2.05) is 12.1 Å². The molecular formula is C19H24O2. The van der Waals surface area contributed by atoms with E-state index < -0.39 is 0 Å². The van der Waals surface area contributed by atoms with Crippen LogP contribution in [-0.2, 0) is 5.41 Å². The maximum Gasteiger partial charge on any atom is 0.121 e. The number of aryl methyl sites for hydroxylation is 2. The van der Waals surface area contributed by atoms with Gasteiger partial charge in [-0.2, -0.15) is 0 Å². The second-order valence-corrected chi connectivity index (χ2v) is 5.99. The van der Waals surface area contributed by atoms with E-state index in [2.05, 4.69) is 52.0 Å². The van der Waals surface area contributed by atoms with E-state index in [1.165, 1.54) is 11.1 Å². The van der Waals surface area contributed by atoms with Crippen molar-refractivity contribution in [2.75, 3.05) is 14.2 Å². The van der Waals surface area contributed by atoms with Crippen LogP contribution in [-0.4, -0.2) is 14.2 Å². The molecule has 2 aromatic rings. The number of ether oxygens (including phenoxy) is 2. The van der Waals surface area contributed by atoms with Crippen LogP contribution in [0.1, 0.15) is 36.1 Å². The first-order valence-electron chi connectivity index (χ1n) is 7.20. The van der Waals surface area contributed by atoms with Gasteiger partial charge in [0.2, 0.25) is 0 Å². The van der Waals surface area contributed by atoms with E-state index in [0.717, 1.165) is 22.6 Å². The van der Waals surface area contributed by atoms with Crippen molar-refractivity contribution in [3.8, 4) is 11.5 Å². The fourth-order valence-corrected chi connectivity index (χ4v) is 2.70. The summed E-state index contributed by atoms with van der Waals surface area (Å²) in [5.41, 5.74) is 4.82. The maximum absolute atomic E-state index is 5.35. The quantitative estimate of drug-likeness (QED) is 0.814. The standard InChI is InChI=1S/C19H24O2/c1-13-11-15(7-9-17(13)20-5)19(3,4)16-8-10-18(21-6)14(2)12-16/h7-12H,1-6H3. The third-order valence-electron chi connectivity index (χ3n) is 4.23. The molecule has 0 saturated heterocycles. The molecule has 0 aliphatic rings. The van der Waals surface area contributed by atoms with Gasteiger partial charge in [-0.15, -0.1) is 0 Å². The van der Waals surface area contributed by atoms with Crippen molar-refractivity contribution >= 4 is 0 Å². The molecule has 112 valence electrons. The van der Waals surface area contributed by atoms with Crippen LogP contribution in [0.2, 0.25) is 0 Å². The molecule has 0 aliphatic carbocycles. The Labute approximate surface area is 127 Å². The molecule has 0 N–H and O–H groups in total. The summed E-state index contributed by atoms with van der Waals surface area (Å²) in [4.78, 5) is 0. The molecule has 0 spiro atoms. The van der Waals surface area contributed by atoms with Gasteiger partial charge in [-0.1, -0.05) is 38.1 Å². The lowest BCUT2D eigenvalue weighted by Crippen LogP contribution is -2.19. The molecule has 0 atom stereocenters. The molecule has 0 fully saturated rings. The summed E-state index contributed by atoms with van der Waals surface area (Å²) in [7, 11) is 3.42. The van der Waals surface area contributed by atoms with E-state index in [-0.39, 0.29) is 5.41 Å². The Morgan fingerprint density at radius 3 is 1.38 bits per heavy atom. The zero-order chi connectivity index (χ0) is 15.6. The first-order chi connectivity index (χ1) is 9.90. The fraction of sp³-hybridized carbons (Fsp3) is 0.368. The molecule has 2 nitrogen and oxygen atoms in total. The normalized spacial score (nSPS) is 11.3. The zero-order valence-corrected chi connectivity index (χ0v) is 13.8. The first-order valence-corrected chi connectivity index (χ1v) is 7.20. The molecular weight excluding hydrogens is 260 g/mol. The summed E-state index contributed by atoms with van der Waals surface area (Å²) < 4.78 is 10.7. The Bertz CT molecular complexity index is 587. The van der Waals surface area contributed by atoms with Crippen LogP contribution in [0.4, 0.5) is 0 Å². The topological polar surface area (TPSA) is 18.5 Å². The third kappa shape index (κ3) is 2.90. The van der Waals surface area contributed by atoms with Crippen LogP contribution in [0.25, 0.3) is 0 Å². The van der Waals surface area contributed by atoms with E-state index in [9.17, 15) is 0 Å². The lowest BCUT2D eigenvalue weighted by Gasteiger charge is -2.27. The molecule has 21 heavy (non-hydrogen) atoms. The minimum atomic E-state index is -0.0614. The van der Waals surface area contributed by atoms with Gasteiger partial charge < -0.3 is 9.47 Å². The molecule has 0 aliphatic heterocycles. The summed E-state index contributed by atoms with van der Waals surface area (Å²) in [6.45, 7) is 8.65. The second-order valence-electron chi connectivity index (χ2n) is 5.99. The molecule has 0 heterocycles. The van der Waals surface area contributed by atoms with Gasteiger partial charge in [0.25, 0.3) is 0 Å². The molecule has 2 rings (SSSR count). The van der Waals surface area contributed by atoms with Gasteiger partial charge in [0.1, 0.15) is 11.5 Å². The molecule has 0 radical (unpaired) electrons. The average Bonchev–Trinajstić information content (AvgIpc) is 2.47. The number of hydrogen-bond donors (Lipinski definition) is 0. The third-order valence-corrected chi connectivity index (χ3v) is 4.23. The van der Waals surface area contributed by atoms with Crippen molar-refractivity contribution in [3.63, 3.8) is 0 Å². The molecule has 0 unspecified atom stereocenters. The van der Waals surface area contributed by atoms with Crippen molar-refractivity contribution in [1.82, 2.24) is 0 Å². The molecule has 0 saturated carbocycles. The number of hydrogen-bond acceptors (Lipinski definition) is 2. The summed E-state index contributed by atoms with van der Waals surface area (Å²) in [6, 6.07) is 12.8. The summed E-state index contributed by atoms with van der Waals surface area (Å²) in [5.74, 6) is 1.86. The van der Waals surface area contributed by atoms with Crippen LogP contribution < -0.4 is 9.47 Å². The van der Waals surface area contributed by atoms with Crippen molar-refractivity contribution in [2.45, 2.75) is 33.1 Å². The highest BCUT2D eigenvalue weighted by molar-refractivity contribution is 5.46. The highest BCUT2D eigenvalue weighted by atomic mass is 16.5. The van der Waals surface area contributed by atoms with E-state index >= 15 is 0 Å². The largest absolute Gasteiger partial charge is 0.496 e. The lowest BCUT2D eigenvalue weighted by atomic mass is 9.77. The van der Waals surface area contributed by atoms with Gasteiger partial charge in [-0.05, 0) is 48.2 Å². The molecule has 0 bridgehead atoms. The van der Waals surface area contributed by atoms with Crippen molar-refractivity contribution in [2.24, 2.45) is 0 Å². The number of benzene rings is 2. The number of rotatable bonds is 4. The minimum Gasteiger partial charge on any atom is -0.496 e. The van der Waals surface area contributed by atoms with Crippen LogP contribution in [0.5, 0.6) is 11.5 Å². The van der Waals surface area contributed by atoms with E-state index in [0.29, 0.717) is 0 Å². The Kier molecular flexibility index (Phi) is 4.26. The highest BCUT2D eigenvalue weighted by Gasteiger charge is 2.24. The number of methoxy groups -OCH3 is 2. The SMILES string of the molecule is COc1ccc(C(C)(C)c2ccc(OC)c(C)c2)cc1C. The predicted octanol–water partition coefficient (Wildman–Crippen LogP) is 4.65.